The van der Waals surface area contributed by atoms with Gasteiger partial charge in [-0.3, -0.25) is 19.2 Å². The Labute approximate surface area is 299 Å². The van der Waals surface area contributed by atoms with Crippen molar-refractivity contribution in [2.75, 3.05) is 26.9 Å². The molecule has 2 amide bonds. The van der Waals surface area contributed by atoms with Crippen LogP contribution in [0, 0.1) is 48.0 Å². The lowest BCUT2D eigenvalue weighted by Gasteiger charge is -2.30. The maximum Gasteiger partial charge on any atom is 0.298 e. The summed E-state index contributed by atoms with van der Waals surface area (Å²) in [6.07, 6.45) is 8.06. The van der Waals surface area contributed by atoms with Crippen molar-refractivity contribution >= 4 is 24.1 Å². The first-order chi connectivity index (χ1) is 23.9. The number of nitrogens with one attached hydrogen (secondary N) is 2. The molecule has 0 aromatic heterocycles. The summed E-state index contributed by atoms with van der Waals surface area (Å²) in [7, 11) is 1.71. The maximum atomic E-state index is 13.2. The number of amides is 2. The first kappa shape index (κ1) is 43.1. The standard InChI is InChI=1S/C30H46N2O5.C9H7F3O2/c1-22(33)24-13-11-23(12-14-24)18-31-27(34)17-29(2,3)20-37-21-30(4,5)19-32-28(35)25-9-7-8-10-26(36-6)16-15-25;1-4-5(2)7(11)9(14-3-13)8(12)6(4)10/h8,10-14,25-26H,7,9,15-21H2,1-6H3,(H,31,34)(H,32,35);3H,1-2H3/b10-8+;. The van der Waals surface area contributed by atoms with E-state index in [-0.39, 0.29) is 58.0 Å². The van der Waals surface area contributed by atoms with Gasteiger partial charge in [-0.15, -0.1) is 0 Å². The average Bonchev–Trinajstić information content (AvgIpc) is 3.06. The van der Waals surface area contributed by atoms with Gasteiger partial charge < -0.3 is 24.8 Å². The lowest BCUT2D eigenvalue weighted by molar-refractivity contribution is -0.127. The minimum Gasteiger partial charge on any atom is -0.422 e. The van der Waals surface area contributed by atoms with Crippen molar-refractivity contribution in [3.05, 3.63) is 76.1 Å². The molecule has 2 N–H and O–H groups in total. The van der Waals surface area contributed by atoms with E-state index in [0.717, 1.165) is 31.2 Å². The van der Waals surface area contributed by atoms with Crippen molar-refractivity contribution in [1.82, 2.24) is 10.6 Å². The zero-order chi connectivity index (χ0) is 38.4. The van der Waals surface area contributed by atoms with Crippen LogP contribution in [-0.4, -0.2) is 57.0 Å². The zero-order valence-electron chi connectivity index (χ0n) is 31.1. The molecular weight excluding hydrogens is 665 g/mol. The summed E-state index contributed by atoms with van der Waals surface area (Å²) < 4.78 is 54.7. The third-order valence-electron chi connectivity index (χ3n) is 8.70. The summed E-state index contributed by atoms with van der Waals surface area (Å²) in [5, 5.41) is 6.08. The van der Waals surface area contributed by atoms with Crippen LogP contribution in [0.3, 0.4) is 0 Å². The molecule has 3 rings (SSSR count). The van der Waals surface area contributed by atoms with Crippen molar-refractivity contribution in [2.45, 2.75) is 93.2 Å². The van der Waals surface area contributed by atoms with E-state index in [1.54, 1.807) is 19.2 Å². The van der Waals surface area contributed by atoms with Crippen LogP contribution in [0.5, 0.6) is 5.75 Å². The minimum absolute atomic E-state index is 0.00355. The number of methoxy groups -OCH3 is 1. The molecule has 2 aromatic rings. The average molecular weight is 719 g/mol. The largest absolute Gasteiger partial charge is 0.422 e. The van der Waals surface area contributed by atoms with Gasteiger partial charge in [0, 0.05) is 43.5 Å². The number of ether oxygens (including phenoxy) is 3. The molecule has 0 fully saturated rings. The molecule has 1 aliphatic carbocycles. The van der Waals surface area contributed by atoms with E-state index in [1.807, 2.05) is 26.0 Å². The third-order valence-corrected chi connectivity index (χ3v) is 8.70. The Bertz CT molecular complexity index is 1490. The van der Waals surface area contributed by atoms with Crippen LogP contribution in [0.25, 0.3) is 0 Å². The van der Waals surface area contributed by atoms with E-state index in [9.17, 15) is 32.3 Å². The number of rotatable bonds is 15. The van der Waals surface area contributed by atoms with E-state index in [4.69, 9.17) is 9.47 Å². The normalized spacial score (nSPS) is 16.8. The lowest BCUT2D eigenvalue weighted by Crippen LogP contribution is -2.40. The summed E-state index contributed by atoms with van der Waals surface area (Å²) >= 11 is 0. The van der Waals surface area contributed by atoms with Crippen molar-refractivity contribution in [3.63, 3.8) is 0 Å². The van der Waals surface area contributed by atoms with Gasteiger partial charge in [-0.1, -0.05) is 64.1 Å². The topological polar surface area (TPSA) is 120 Å². The molecule has 0 aliphatic heterocycles. The Balaban J connectivity index is 0.000000536. The quantitative estimate of drug-likeness (QED) is 0.0873. The maximum absolute atomic E-state index is 13.2. The van der Waals surface area contributed by atoms with E-state index >= 15 is 0 Å². The minimum atomic E-state index is -1.49. The van der Waals surface area contributed by atoms with Gasteiger partial charge in [-0.2, -0.15) is 4.39 Å². The number of benzene rings is 2. The molecule has 51 heavy (non-hydrogen) atoms. The second-order valence-electron chi connectivity index (χ2n) is 14.5. The molecule has 0 saturated heterocycles. The molecule has 0 radical (unpaired) electrons. The van der Waals surface area contributed by atoms with Crippen LogP contribution in [0.15, 0.2) is 36.4 Å². The Morgan fingerprint density at radius 1 is 0.882 bits per heavy atom. The van der Waals surface area contributed by atoms with Crippen LogP contribution in [0.4, 0.5) is 13.2 Å². The third kappa shape index (κ3) is 14.3. The summed E-state index contributed by atoms with van der Waals surface area (Å²) in [6.45, 7) is 13.9. The molecule has 0 saturated carbocycles. The number of allylic oxidation sites excluding steroid dienone is 1. The first-order valence-electron chi connectivity index (χ1n) is 17.1. The molecule has 2 atom stereocenters. The van der Waals surface area contributed by atoms with Crippen LogP contribution in [0.1, 0.15) is 93.8 Å². The number of hydrogen-bond donors (Lipinski definition) is 2. The van der Waals surface area contributed by atoms with E-state index in [2.05, 4.69) is 41.4 Å². The molecule has 12 heteroatoms. The van der Waals surface area contributed by atoms with Gasteiger partial charge >= 0.3 is 0 Å². The Morgan fingerprint density at radius 2 is 1.51 bits per heavy atom. The predicted molar refractivity (Wildman–Crippen MR) is 189 cm³/mol. The van der Waals surface area contributed by atoms with Crippen molar-refractivity contribution in [3.8, 4) is 5.75 Å². The zero-order valence-corrected chi connectivity index (χ0v) is 31.1. The predicted octanol–water partition coefficient (Wildman–Crippen LogP) is 7.10. The van der Waals surface area contributed by atoms with Crippen molar-refractivity contribution in [2.24, 2.45) is 16.7 Å². The summed E-state index contributed by atoms with van der Waals surface area (Å²) in [5.74, 6) is -4.67. The number of Topliss-reactive ketones (excluding diaryl/α,β-unsaturated/α-hetero) is 1. The fraction of sp³-hybridized carbons (Fsp3) is 0.538. The molecule has 2 unspecified atom stereocenters. The van der Waals surface area contributed by atoms with Crippen molar-refractivity contribution in [1.29, 1.82) is 0 Å². The fourth-order valence-electron chi connectivity index (χ4n) is 5.35. The molecule has 1 aliphatic rings. The van der Waals surface area contributed by atoms with Crippen LogP contribution >= 0.6 is 0 Å². The second kappa shape index (κ2) is 20.1. The van der Waals surface area contributed by atoms with Gasteiger partial charge in [0.1, 0.15) is 0 Å². The van der Waals surface area contributed by atoms with Gasteiger partial charge in [0.25, 0.3) is 6.47 Å². The number of carbonyl (C=O) groups excluding carboxylic acids is 4. The number of carbonyl (C=O) groups is 4. The van der Waals surface area contributed by atoms with E-state index < -0.39 is 23.2 Å². The Hall–Kier alpha value is -4.03. The number of hydrogen-bond acceptors (Lipinski definition) is 7. The Morgan fingerprint density at radius 3 is 2.12 bits per heavy atom. The highest BCUT2D eigenvalue weighted by Crippen LogP contribution is 2.30. The molecule has 9 nitrogen and oxygen atoms in total. The summed E-state index contributed by atoms with van der Waals surface area (Å²) in [4.78, 5) is 46.6. The van der Waals surface area contributed by atoms with Gasteiger partial charge in [0.05, 0.1) is 19.3 Å². The lowest BCUT2D eigenvalue weighted by atomic mass is 9.89. The smallest absolute Gasteiger partial charge is 0.298 e. The molecule has 282 valence electrons. The fourth-order valence-corrected chi connectivity index (χ4v) is 5.35. The SMILES string of the molecule is COC1/C=C/CCC(C(=O)NCC(C)(C)COCC(C)(C)CC(=O)NCc2ccc(C(C)=O)cc2)CC1.Cc1c(C)c(F)c(OC=O)c(F)c1F. The van der Waals surface area contributed by atoms with Gasteiger partial charge in [-0.05, 0) is 68.6 Å². The molecule has 0 heterocycles. The molecule has 0 bridgehead atoms. The van der Waals surface area contributed by atoms with Crippen LogP contribution < -0.4 is 15.4 Å². The Kier molecular flexibility index (Phi) is 17.0. The van der Waals surface area contributed by atoms with Gasteiger partial charge in [0.15, 0.2) is 17.4 Å². The van der Waals surface area contributed by atoms with Gasteiger partial charge in [0.2, 0.25) is 23.4 Å². The second-order valence-corrected chi connectivity index (χ2v) is 14.5. The number of ketones is 1. The van der Waals surface area contributed by atoms with Crippen molar-refractivity contribution < 1.29 is 46.6 Å². The molecular formula is C39H53F3N2O7. The van der Waals surface area contributed by atoms with E-state index in [1.165, 1.54) is 20.8 Å². The molecule has 0 spiro atoms. The monoisotopic (exact) mass is 718 g/mol. The molecule has 2 aromatic carbocycles. The first-order valence-corrected chi connectivity index (χ1v) is 17.1. The highest BCUT2D eigenvalue weighted by Gasteiger charge is 2.27. The highest BCUT2D eigenvalue weighted by atomic mass is 19.2. The van der Waals surface area contributed by atoms with Crippen LogP contribution in [-0.2, 0) is 30.4 Å². The van der Waals surface area contributed by atoms with Crippen LogP contribution in [0.2, 0.25) is 0 Å². The summed E-state index contributed by atoms with van der Waals surface area (Å²) in [5.41, 5.74) is 0.834. The summed E-state index contributed by atoms with van der Waals surface area (Å²) in [6, 6.07) is 7.27. The highest BCUT2D eigenvalue weighted by molar-refractivity contribution is 5.94. The van der Waals surface area contributed by atoms with Gasteiger partial charge in [-0.25, -0.2) is 8.78 Å². The van der Waals surface area contributed by atoms with E-state index in [0.29, 0.717) is 38.3 Å². The number of halogens is 3.